The molecule has 4 rings (SSSR count). The number of rotatable bonds is 8. The van der Waals surface area contributed by atoms with Gasteiger partial charge in [0.05, 0.1) is 17.1 Å². The van der Waals surface area contributed by atoms with E-state index in [9.17, 15) is 9.18 Å². The molecule has 0 unspecified atom stereocenters. The lowest BCUT2D eigenvalue weighted by atomic mass is 9.93. The van der Waals surface area contributed by atoms with Crippen molar-refractivity contribution in [2.75, 3.05) is 13.1 Å². The highest BCUT2D eigenvalue weighted by atomic mass is 35.5. The number of piperidine rings is 1. The second-order valence-corrected chi connectivity index (χ2v) is 11.1. The van der Waals surface area contributed by atoms with E-state index >= 15 is 0 Å². The fraction of sp³-hybridized carbons (Fsp3) is 0.464. The number of aliphatic carboxylic acids is 1. The van der Waals surface area contributed by atoms with Crippen LogP contribution in [0.3, 0.4) is 0 Å². The van der Waals surface area contributed by atoms with Gasteiger partial charge in [-0.25, -0.2) is 0 Å². The van der Waals surface area contributed by atoms with E-state index in [0.717, 1.165) is 59.1 Å². The highest BCUT2D eigenvalue weighted by molar-refractivity contribution is 6.36. The number of halogens is 3. The number of carbonyl (C=O) groups is 1. The Morgan fingerprint density at radius 1 is 1.14 bits per heavy atom. The number of ether oxygens (including phenoxy) is 1. The summed E-state index contributed by atoms with van der Waals surface area (Å²) in [6.45, 7) is 9.71. The van der Waals surface area contributed by atoms with E-state index in [0.29, 0.717) is 28.9 Å². The van der Waals surface area contributed by atoms with Gasteiger partial charge >= 0.3 is 5.97 Å². The molecule has 1 aromatic heterocycles. The van der Waals surface area contributed by atoms with Gasteiger partial charge in [-0.05, 0) is 80.6 Å². The van der Waals surface area contributed by atoms with Crippen LogP contribution < -0.4 is 4.74 Å². The van der Waals surface area contributed by atoms with Crippen molar-refractivity contribution >= 4 is 40.1 Å². The molecule has 0 amide bonds. The van der Waals surface area contributed by atoms with Crippen molar-refractivity contribution in [3.05, 3.63) is 62.8 Å². The van der Waals surface area contributed by atoms with Gasteiger partial charge in [0.25, 0.3) is 0 Å². The zero-order valence-corrected chi connectivity index (χ0v) is 22.7. The van der Waals surface area contributed by atoms with E-state index in [1.54, 1.807) is 0 Å². The van der Waals surface area contributed by atoms with E-state index in [1.165, 1.54) is 13.8 Å². The molecule has 5 nitrogen and oxygen atoms in total. The summed E-state index contributed by atoms with van der Waals surface area (Å²) in [6, 6.07) is 7.61. The monoisotopic (exact) mass is 534 g/mol. The van der Waals surface area contributed by atoms with Crippen LogP contribution in [-0.4, -0.2) is 39.5 Å². The lowest BCUT2D eigenvalue weighted by Gasteiger charge is -2.31. The third kappa shape index (κ3) is 6.16. The van der Waals surface area contributed by atoms with Gasteiger partial charge in [-0.2, -0.15) is 4.39 Å². The minimum Gasteiger partial charge on any atom is -0.481 e. The van der Waals surface area contributed by atoms with Crippen molar-refractivity contribution in [3.63, 3.8) is 0 Å². The van der Waals surface area contributed by atoms with Crippen molar-refractivity contribution in [1.29, 1.82) is 0 Å². The van der Waals surface area contributed by atoms with Crippen molar-refractivity contribution < 1.29 is 19.0 Å². The number of aromatic nitrogens is 1. The quantitative estimate of drug-likeness (QED) is 0.327. The predicted molar refractivity (Wildman–Crippen MR) is 143 cm³/mol. The maximum Gasteiger partial charge on any atom is 0.303 e. The number of alkyl halides is 1. The first-order chi connectivity index (χ1) is 16.9. The number of carboxylic acids is 1. The molecule has 0 atom stereocenters. The molecule has 194 valence electrons. The Balaban J connectivity index is 1.57. The molecule has 1 N–H and O–H groups in total. The summed E-state index contributed by atoms with van der Waals surface area (Å²) in [4.78, 5) is 13.3. The van der Waals surface area contributed by atoms with Gasteiger partial charge in [0, 0.05) is 49.0 Å². The van der Waals surface area contributed by atoms with E-state index in [4.69, 9.17) is 33.0 Å². The summed E-state index contributed by atoms with van der Waals surface area (Å²) in [6.07, 6.45) is 4.06. The van der Waals surface area contributed by atoms with Crippen LogP contribution in [0, 0.1) is 19.8 Å². The fourth-order valence-corrected chi connectivity index (χ4v) is 5.73. The minimum atomic E-state index is -1.76. The van der Waals surface area contributed by atoms with Crippen LogP contribution in [0.4, 0.5) is 4.39 Å². The number of hydrogen-bond donors (Lipinski definition) is 1. The van der Waals surface area contributed by atoms with Gasteiger partial charge in [0.2, 0.25) is 5.85 Å². The molecule has 1 aliphatic heterocycles. The van der Waals surface area contributed by atoms with E-state index in [-0.39, 0.29) is 12.3 Å². The number of benzene rings is 2. The molecule has 1 saturated heterocycles. The molecule has 0 bridgehead atoms. The number of aryl methyl sites for hydroxylation is 2. The Kier molecular flexibility index (Phi) is 7.89. The van der Waals surface area contributed by atoms with Crippen LogP contribution in [0.15, 0.2) is 30.5 Å². The van der Waals surface area contributed by atoms with E-state index < -0.39 is 11.8 Å². The topological polar surface area (TPSA) is 54.7 Å². The van der Waals surface area contributed by atoms with Crippen molar-refractivity contribution in [3.8, 4) is 5.75 Å². The molecule has 1 fully saturated rings. The van der Waals surface area contributed by atoms with Crippen LogP contribution in [0.2, 0.25) is 10.0 Å². The average molecular weight is 535 g/mol. The summed E-state index contributed by atoms with van der Waals surface area (Å²) in [7, 11) is 0. The first kappa shape index (κ1) is 26.8. The van der Waals surface area contributed by atoms with Gasteiger partial charge in [0.15, 0.2) is 0 Å². The summed E-state index contributed by atoms with van der Waals surface area (Å²) in [5.74, 6) is -1.75. The van der Waals surface area contributed by atoms with Crippen LogP contribution in [-0.2, 0) is 17.9 Å². The third-order valence-electron chi connectivity index (χ3n) is 6.85. The second-order valence-electron chi connectivity index (χ2n) is 10.4. The Hall–Kier alpha value is -2.28. The van der Waals surface area contributed by atoms with Crippen LogP contribution in [0.1, 0.15) is 55.4 Å². The molecule has 8 heteroatoms. The maximum atomic E-state index is 14.1. The summed E-state index contributed by atoms with van der Waals surface area (Å²) in [5.41, 5.74) is 4.95. The van der Waals surface area contributed by atoms with Gasteiger partial charge < -0.3 is 14.4 Å². The zero-order valence-electron chi connectivity index (χ0n) is 21.2. The van der Waals surface area contributed by atoms with Crippen LogP contribution >= 0.6 is 23.2 Å². The number of likely N-dealkylation sites (tertiary alicyclic amines) is 1. The highest BCUT2D eigenvalue weighted by Crippen LogP contribution is 2.35. The smallest absolute Gasteiger partial charge is 0.303 e. The SMILES string of the molecule is Cc1cn(Cc2c(Cl)ccc(CN3CCC(CC(=O)O)CC3)c2Cl)c2c(C)cc(OC(C)(C)F)cc12. The number of nitrogens with zero attached hydrogens (tertiary/aromatic N) is 2. The molecule has 0 spiro atoms. The molecular weight excluding hydrogens is 502 g/mol. The summed E-state index contributed by atoms with van der Waals surface area (Å²) < 4.78 is 21.7. The second kappa shape index (κ2) is 10.6. The molecule has 0 aliphatic carbocycles. The first-order valence-corrected chi connectivity index (χ1v) is 13.0. The average Bonchev–Trinajstić information content (AvgIpc) is 3.08. The minimum absolute atomic E-state index is 0.239. The molecule has 0 saturated carbocycles. The highest BCUT2D eigenvalue weighted by Gasteiger charge is 2.23. The lowest BCUT2D eigenvalue weighted by Crippen LogP contribution is -2.34. The Bertz CT molecular complexity index is 1270. The van der Waals surface area contributed by atoms with Gasteiger partial charge in [-0.15, -0.1) is 0 Å². The molecule has 0 radical (unpaired) electrons. The van der Waals surface area contributed by atoms with E-state index in [2.05, 4.69) is 15.7 Å². The van der Waals surface area contributed by atoms with Crippen LogP contribution in [0.5, 0.6) is 5.75 Å². The molecule has 2 heterocycles. The van der Waals surface area contributed by atoms with Crippen LogP contribution in [0.25, 0.3) is 10.9 Å². The van der Waals surface area contributed by atoms with Crippen molar-refractivity contribution in [1.82, 2.24) is 9.47 Å². The number of carboxylic acid groups (broad SMARTS) is 1. The third-order valence-corrected chi connectivity index (χ3v) is 7.68. The van der Waals surface area contributed by atoms with Gasteiger partial charge in [-0.3, -0.25) is 9.69 Å². The molecule has 1 aliphatic rings. The normalized spacial score (nSPS) is 15.5. The summed E-state index contributed by atoms with van der Waals surface area (Å²) in [5, 5.41) is 11.3. The predicted octanol–water partition coefficient (Wildman–Crippen LogP) is 7.38. The summed E-state index contributed by atoms with van der Waals surface area (Å²) >= 11 is 13.5. The largest absolute Gasteiger partial charge is 0.481 e. The van der Waals surface area contributed by atoms with Crippen molar-refractivity contribution in [2.45, 2.75) is 65.9 Å². The van der Waals surface area contributed by atoms with Gasteiger partial charge in [-0.1, -0.05) is 29.3 Å². The lowest BCUT2D eigenvalue weighted by molar-refractivity contribution is -0.138. The Morgan fingerprint density at radius 3 is 2.47 bits per heavy atom. The Labute approximate surface area is 221 Å². The maximum absolute atomic E-state index is 14.1. The number of fused-ring (bicyclic) bond motifs is 1. The molecule has 36 heavy (non-hydrogen) atoms. The molecule has 3 aromatic rings. The standard InChI is InChI=1S/C28H33Cl2FN2O3/c1-17-11-21(36-28(3,4)31)13-22-18(2)14-33(27(17)22)16-23-24(29)6-5-20(26(23)30)15-32-9-7-19(8-10-32)12-25(34)35/h5-6,11,13-14,19H,7-10,12,15-16H2,1-4H3,(H,34,35). The fourth-order valence-electron chi connectivity index (χ4n) is 5.18. The molecular formula is C28H33Cl2FN2O3. The first-order valence-electron chi connectivity index (χ1n) is 12.3. The van der Waals surface area contributed by atoms with Gasteiger partial charge in [0.1, 0.15) is 5.75 Å². The number of hydrogen-bond acceptors (Lipinski definition) is 3. The zero-order chi connectivity index (χ0) is 26.2. The Morgan fingerprint density at radius 2 is 1.83 bits per heavy atom. The van der Waals surface area contributed by atoms with E-state index in [1.807, 2.05) is 38.1 Å². The molecule has 2 aromatic carbocycles. The van der Waals surface area contributed by atoms with Crippen molar-refractivity contribution in [2.24, 2.45) is 5.92 Å².